The Morgan fingerprint density at radius 2 is 1.45 bits per heavy atom. The minimum absolute atomic E-state index is 0.706. The van der Waals surface area contributed by atoms with E-state index >= 15 is 0 Å². The van der Waals surface area contributed by atoms with Crippen LogP contribution in [0.4, 0.5) is 0 Å². The summed E-state index contributed by atoms with van der Waals surface area (Å²) in [5.74, 6) is 0. The van der Waals surface area contributed by atoms with Crippen LogP contribution < -0.4 is 5.73 Å². The molecule has 3 nitrogen and oxygen atoms in total. The summed E-state index contributed by atoms with van der Waals surface area (Å²) in [6, 6.07) is 8.30. The van der Waals surface area contributed by atoms with Crippen molar-refractivity contribution in [3.63, 3.8) is 0 Å². The Hall–Kier alpha value is -1.04. The molecule has 5 heteroatoms. The lowest BCUT2D eigenvalue weighted by Gasteiger charge is -2.09. The van der Waals surface area contributed by atoms with Gasteiger partial charge in [-0.05, 0) is 56.5 Å². The molecule has 2 rings (SSSR count). The number of aromatic nitrogens is 2. The van der Waals surface area contributed by atoms with E-state index in [-0.39, 0.29) is 0 Å². The molecule has 0 aliphatic rings. The predicted molar refractivity (Wildman–Crippen MR) is 96.2 cm³/mol. The lowest BCUT2D eigenvalue weighted by atomic mass is 10.2. The molecule has 0 bridgehead atoms. The first-order chi connectivity index (χ1) is 10.8. The fourth-order valence-electron chi connectivity index (χ4n) is 2.08. The van der Waals surface area contributed by atoms with Crippen molar-refractivity contribution in [3.05, 3.63) is 48.0 Å². The van der Waals surface area contributed by atoms with Gasteiger partial charge in [0.1, 0.15) is 0 Å². The molecule has 0 aliphatic heterocycles. The van der Waals surface area contributed by atoms with Crippen LogP contribution in [-0.4, -0.2) is 16.5 Å². The highest BCUT2D eigenvalue weighted by Crippen LogP contribution is 2.40. The Labute approximate surface area is 140 Å². The van der Waals surface area contributed by atoms with Gasteiger partial charge in [-0.15, -0.1) is 0 Å². The Kier molecular flexibility index (Phi) is 7.77. The minimum Gasteiger partial charge on any atom is -0.330 e. The fourth-order valence-corrected chi connectivity index (χ4v) is 4.48. The van der Waals surface area contributed by atoms with Gasteiger partial charge in [0, 0.05) is 22.2 Å². The first-order valence-electron chi connectivity index (χ1n) is 7.77. The molecule has 0 unspecified atom stereocenters. The SMILES string of the molecule is CCCCc1ncccc1SSc1cccnc1CCCN. The molecule has 0 saturated heterocycles. The van der Waals surface area contributed by atoms with E-state index in [2.05, 4.69) is 29.0 Å². The summed E-state index contributed by atoms with van der Waals surface area (Å²) in [5.41, 5.74) is 7.96. The number of hydrogen-bond acceptors (Lipinski definition) is 5. The lowest BCUT2D eigenvalue weighted by Crippen LogP contribution is -2.02. The summed E-state index contributed by atoms with van der Waals surface area (Å²) in [6.07, 6.45) is 9.09. The molecule has 2 aromatic heterocycles. The summed E-state index contributed by atoms with van der Waals surface area (Å²) in [4.78, 5) is 11.5. The van der Waals surface area contributed by atoms with E-state index in [0.717, 1.165) is 25.0 Å². The van der Waals surface area contributed by atoms with E-state index < -0.39 is 0 Å². The average Bonchev–Trinajstić information content (AvgIpc) is 2.57. The summed E-state index contributed by atoms with van der Waals surface area (Å²) in [7, 11) is 3.55. The Morgan fingerprint density at radius 1 is 0.909 bits per heavy atom. The number of pyridine rings is 2. The number of nitrogens with two attached hydrogens (primary N) is 1. The van der Waals surface area contributed by atoms with Crippen LogP contribution in [0.1, 0.15) is 37.6 Å². The molecule has 0 saturated carbocycles. The first kappa shape index (κ1) is 17.3. The molecular formula is C17H23N3S2. The van der Waals surface area contributed by atoms with Crippen molar-refractivity contribution in [1.82, 2.24) is 9.97 Å². The van der Waals surface area contributed by atoms with Crippen molar-refractivity contribution < 1.29 is 0 Å². The van der Waals surface area contributed by atoms with Gasteiger partial charge in [-0.3, -0.25) is 9.97 Å². The Morgan fingerprint density at radius 3 is 1.95 bits per heavy atom. The predicted octanol–water partition coefficient (Wildman–Crippen LogP) is 4.51. The molecule has 0 fully saturated rings. The van der Waals surface area contributed by atoms with Crippen molar-refractivity contribution in [1.29, 1.82) is 0 Å². The van der Waals surface area contributed by atoms with Crippen molar-refractivity contribution in [2.24, 2.45) is 5.73 Å². The van der Waals surface area contributed by atoms with E-state index in [1.54, 1.807) is 21.6 Å². The molecule has 0 amide bonds. The number of rotatable bonds is 9. The average molecular weight is 334 g/mol. The highest BCUT2D eigenvalue weighted by Gasteiger charge is 2.08. The van der Waals surface area contributed by atoms with Gasteiger partial charge in [-0.1, -0.05) is 34.9 Å². The first-order valence-corrected chi connectivity index (χ1v) is 9.92. The van der Waals surface area contributed by atoms with Crippen LogP contribution in [0, 0.1) is 0 Å². The number of hydrogen-bond donors (Lipinski definition) is 1. The number of nitrogens with zero attached hydrogens (tertiary/aromatic N) is 2. The zero-order valence-electron chi connectivity index (χ0n) is 13.0. The van der Waals surface area contributed by atoms with E-state index in [1.165, 1.54) is 28.3 Å². The molecule has 0 spiro atoms. The van der Waals surface area contributed by atoms with Crippen LogP contribution >= 0.6 is 21.6 Å². The third-order valence-corrected chi connectivity index (χ3v) is 5.82. The number of aryl methyl sites for hydroxylation is 2. The normalized spacial score (nSPS) is 10.8. The van der Waals surface area contributed by atoms with Gasteiger partial charge in [0.25, 0.3) is 0 Å². The van der Waals surface area contributed by atoms with Crippen LogP contribution in [0.5, 0.6) is 0 Å². The van der Waals surface area contributed by atoms with Crippen LogP contribution in [-0.2, 0) is 12.8 Å². The van der Waals surface area contributed by atoms with Gasteiger partial charge < -0.3 is 5.73 Å². The molecular weight excluding hydrogens is 310 g/mol. The van der Waals surface area contributed by atoms with Crippen LogP contribution in [0.25, 0.3) is 0 Å². The monoisotopic (exact) mass is 333 g/mol. The Bertz CT molecular complexity index is 524. The smallest absolute Gasteiger partial charge is 0.0548 e. The van der Waals surface area contributed by atoms with Crippen LogP contribution in [0.3, 0.4) is 0 Å². The quantitative estimate of drug-likeness (QED) is 0.684. The van der Waals surface area contributed by atoms with Crippen LogP contribution in [0.2, 0.25) is 0 Å². The third kappa shape index (κ3) is 5.30. The van der Waals surface area contributed by atoms with Crippen molar-refractivity contribution in [2.45, 2.75) is 48.8 Å². The highest BCUT2D eigenvalue weighted by molar-refractivity contribution is 8.76. The second-order valence-electron chi connectivity index (χ2n) is 5.06. The van der Waals surface area contributed by atoms with Gasteiger partial charge in [0.15, 0.2) is 0 Å². The molecule has 0 aliphatic carbocycles. The summed E-state index contributed by atoms with van der Waals surface area (Å²) in [6.45, 7) is 2.92. The zero-order chi connectivity index (χ0) is 15.6. The van der Waals surface area contributed by atoms with E-state index in [4.69, 9.17) is 5.73 Å². The van der Waals surface area contributed by atoms with E-state index in [9.17, 15) is 0 Å². The maximum atomic E-state index is 5.61. The molecule has 2 aromatic rings. The van der Waals surface area contributed by atoms with Crippen molar-refractivity contribution >= 4 is 21.6 Å². The molecule has 0 aromatic carbocycles. The molecule has 118 valence electrons. The van der Waals surface area contributed by atoms with Gasteiger partial charge in [0.2, 0.25) is 0 Å². The highest BCUT2D eigenvalue weighted by atomic mass is 33.1. The maximum Gasteiger partial charge on any atom is 0.0548 e. The van der Waals surface area contributed by atoms with Gasteiger partial charge in [-0.25, -0.2) is 0 Å². The van der Waals surface area contributed by atoms with Crippen molar-refractivity contribution in [2.75, 3.05) is 6.54 Å². The molecule has 2 N–H and O–H groups in total. The third-order valence-electron chi connectivity index (χ3n) is 3.30. The standard InChI is InChI=1S/C17H23N3S2/c1-2-3-7-14-16(9-5-12-19-14)21-22-17-10-6-13-20-15(17)8-4-11-18/h5-6,9-10,12-13H,2-4,7-8,11,18H2,1H3. The van der Waals surface area contributed by atoms with E-state index in [1.807, 2.05) is 24.5 Å². The lowest BCUT2D eigenvalue weighted by molar-refractivity contribution is 0.763. The zero-order valence-corrected chi connectivity index (χ0v) is 14.6. The van der Waals surface area contributed by atoms with Gasteiger partial charge >= 0.3 is 0 Å². The number of unbranched alkanes of at least 4 members (excludes halogenated alkanes) is 1. The minimum atomic E-state index is 0.706. The maximum absolute atomic E-state index is 5.61. The molecule has 22 heavy (non-hydrogen) atoms. The van der Waals surface area contributed by atoms with Crippen molar-refractivity contribution in [3.8, 4) is 0 Å². The molecule has 0 atom stereocenters. The summed E-state index contributed by atoms with van der Waals surface area (Å²) in [5, 5.41) is 0. The van der Waals surface area contributed by atoms with Crippen LogP contribution in [0.15, 0.2) is 46.5 Å². The molecule has 0 radical (unpaired) electrons. The van der Waals surface area contributed by atoms with Gasteiger partial charge in [-0.2, -0.15) is 0 Å². The van der Waals surface area contributed by atoms with E-state index in [0.29, 0.717) is 6.54 Å². The fraction of sp³-hybridized carbons (Fsp3) is 0.412. The van der Waals surface area contributed by atoms with Gasteiger partial charge in [0.05, 0.1) is 11.4 Å². The Balaban J connectivity index is 2.04. The largest absolute Gasteiger partial charge is 0.330 e. The second kappa shape index (κ2) is 9.87. The second-order valence-corrected chi connectivity index (χ2v) is 7.27. The summed E-state index contributed by atoms with van der Waals surface area (Å²) < 4.78 is 0. The summed E-state index contributed by atoms with van der Waals surface area (Å²) >= 11 is 0. The molecule has 2 heterocycles. The topological polar surface area (TPSA) is 51.8 Å².